The number of nitrogens with two attached hydrogens (primary N) is 1. The van der Waals surface area contributed by atoms with Crippen LogP contribution in [0.1, 0.15) is 27.4 Å². The van der Waals surface area contributed by atoms with Crippen LogP contribution in [0.5, 0.6) is 0 Å². The third-order valence-electron chi connectivity index (χ3n) is 3.56. The smallest absolute Gasteiger partial charge is 0.256 e. The van der Waals surface area contributed by atoms with E-state index in [-0.39, 0.29) is 17.3 Å². The Morgan fingerprint density at radius 2 is 2.08 bits per heavy atom. The summed E-state index contributed by atoms with van der Waals surface area (Å²) in [5.74, 6) is 1.36. The van der Waals surface area contributed by atoms with Crippen LogP contribution in [0, 0.1) is 13.8 Å². The van der Waals surface area contributed by atoms with Gasteiger partial charge in [0.25, 0.3) is 5.91 Å². The maximum Gasteiger partial charge on any atom is 0.256 e. The normalized spacial score (nSPS) is 10.6. The minimum atomic E-state index is -0.347. The lowest BCUT2D eigenvalue weighted by molar-refractivity contribution is 0.0950. The number of furan rings is 1. The van der Waals surface area contributed by atoms with Crippen LogP contribution in [0.25, 0.3) is 11.6 Å². The molecule has 3 aromatic heterocycles. The number of rotatable bonds is 4. The van der Waals surface area contributed by atoms with Gasteiger partial charge in [0.2, 0.25) is 0 Å². The topological polar surface area (TPSA) is 107 Å². The molecule has 24 heavy (non-hydrogen) atoms. The van der Waals surface area contributed by atoms with Gasteiger partial charge in [-0.15, -0.1) is 0 Å². The molecule has 3 aromatic rings. The number of hydrogen-bond donors (Lipinski definition) is 2. The van der Waals surface area contributed by atoms with Crippen molar-refractivity contribution in [1.29, 1.82) is 0 Å². The lowest BCUT2D eigenvalue weighted by Crippen LogP contribution is -2.25. The zero-order valence-corrected chi connectivity index (χ0v) is 13.4. The van der Waals surface area contributed by atoms with E-state index in [1.807, 2.05) is 32.0 Å². The van der Waals surface area contributed by atoms with Crippen molar-refractivity contribution in [3.63, 3.8) is 0 Å². The van der Waals surface area contributed by atoms with Crippen molar-refractivity contribution in [2.75, 3.05) is 5.73 Å². The van der Waals surface area contributed by atoms with Crippen LogP contribution in [-0.4, -0.2) is 20.9 Å². The van der Waals surface area contributed by atoms with Gasteiger partial charge in [0.05, 0.1) is 17.8 Å². The molecule has 0 radical (unpaired) electrons. The Morgan fingerprint density at radius 3 is 2.75 bits per heavy atom. The van der Waals surface area contributed by atoms with Crippen LogP contribution in [0.4, 0.5) is 5.82 Å². The summed E-state index contributed by atoms with van der Waals surface area (Å²) in [5, 5.41) is 2.78. The van der Waals surface area contributed by atoms with Crippen LogP contribution >= 0.6 is 0 Å². The molecule has 122 valence electrons. The van der Waals surface area contributed by atoms with Crippen LogP contribution in [0.15, 0.2) is 41.1 Å². The molecule has 0 aliphatic rings. The molecule has 7 heteroatoms. The van der Waals surface area contributed by atoms with Crippen LogP contribution in [0.3, 0.4) is 0 Å². The molecule has 3 heterocycles. The number of aromatic nitrogens is 3. The Morgan fingerprint density at radius 1 is 1.25 bits per heavy atom. The number of nitrogens with one attached hydrogen (secondary N) is 1. The van der Waals surface area contributed by atoms with Crippen LogP contribution in [-0.2, 0) is 6.54 Å². The van der Waals surface area contributed by atoms with E-state index in [1.165, 1.54) is 6.20 Å². The van der Waals surface area contributed by atoms with Crippen LogP contribution < -0.4 is 11.1 Å². The van der Waals surface area contributed by atoms with Crippen molar-refractivity contribution in [2.24, 2.45) is 0 Å². The Hall–Kier alpha value is -3.22. The van der Waals surface area contributed by atoms with E-state index >= 15 is 0 Å². The van der Waals surface area contributed by atoms with Crippen molar-refractivity contribution >= 4 is 11.7 Å². The van der Waals surface area contributed by atoms with Crippen molar-refractivity contribution in [2.45, 2.75) is 20.4 Å². The lowest BCUT2D eigenvalue weighted by atomic mass is 10.2. The molecule has 0 aromatic carbocycles. The summed E-state index contributed by atoms with van der Waals surface area (Å²) in [6, 6.07) is 7.35. The molecular formula is C17H17N5O2. The second-order valence-corrected chi connectivity index (χ2v) is 5.35. The average molecular weight is 323 g/mol. The standard InChI is InChI=1S/C17H17N5O2/c1-10-4-3-7-19-13(10)9-21-17(23)12-8-20-16(22-15(12)18)14-6-5-11(2)24-14/h3-8H,9H2,1-2H3,(H,21,23)(H2,18,20,22). The summed E-state index contributed by atoms with van der Waals surface area (Å²) >= 11 is 0. The Labute approximate surface area is 139 Å². The molecule has 0 bridgehead atoms. The fourth-order valence-electron chi connectivity index (χ4n) is 2.21. The summed E-state index contributed by atoms with van der Waals surface area (Å²) in [6.45, 7) is 4.07. The number of anilines is 1. The van der Waals surface area contributed by atoms with Gasteiger partial charge in [0, 0.05) is 12.4 Å². The second-order valence-electron chi connectivity index (χ2n) is 5.35. The van der Waals surface area contributed by atoms with E-state index in [2.05, 4.69) is 20.3 Å². The highest BCUT2D eigenvalue weighted by Crippen LogP contribution is 2.20. The van der Waals surface area contributed by atoms with E-state index < -0.39 is 0 Å². The van der Waals surface area contributed by atoms with Gasteiger partial charge >= 0.3 is 0 Å². The second kappa shape index (κ2) is 6.49. The van der Waals surface area contributed by atoms with Crippen molar-refractivity contribution in [1.82, 2.24) is 20.3 Å². The predicted octanol–water partition coefficient (Wildman–Crippen LogP) is 2.26. The summed E-state index contributed by atoms with van der Waals surface area (Å²) < 4.78 is 5.45. The molecule has 3 rings (SSSR count). The summed E-state index contributed by atoms with van der Waals surface area (Å²) in [5.41, 5.74) is 7.92. The first kappa shape index (κ1) is 15.7. The van der Waals surface area contributed by atoms with Gasteiger partial charge < -0.3 is 15.5 Å². The molecule has 0 aliphatic carbocycles. The first-order valence-corrected chi connectivity index (χ1v) is 7.42. The van der Waals surface area contributed by atoms with Gasteiger partial charge in [-0.25, -0.2) is 9.97 Å². The molecule has 0 atom stereocenters. The van der Waals surface area contributed by atoms with Gasteiger partial charge in [0.15, 0.2) is 11.6 Å². The number of nitrogen functional groups attached to an aromatic ring is 1. The van der Waals surface area contributed by atoms with Gasteiger partial charge in [-0.3, -0.25) is 9.78 Å². The maximum absolute atomic E-state index is 12.3. The van der Waals surface area contributed by atoms with Crippen LogP contribution in [0.2, 0.25) is 0 Å². The van der Waals surface area contributed by atoms with Gasteiger partial charge in [-0.05, 0) is 37.6 Å². The molecule has 0 aliphatic heterocycles. The van der Waals surface area contributed by atoms with E-state index in [1.54, 1.807) is 12.3 Å². The molecular weight excluding hydrogens is 306 g/mol. The molecule has 0 saturated heterocycles. The maximum atomic E-state index is 12.3. The number of nitrogens with zero attached hydrogens (tertiary/aromatic N) is 3. The number of carbonyl (C=O) groups is 1. The highest BCUT2D eigenvalue weighted by atomic mass is 16.3. The Bertz CT molecular complexity index is 888. The van der Waals surface area contributed by atoms with Crippen molar-refractivity contribution in [3.8, 4) is 11.6 Å². The average Bonchev–Trinajstić information content (AvgIpc) is 3.00. The highest BCUT2D eigenvalue weighted by molar-refractivity contribution is 5.98. The van der Waals surface area contributed by atoms with E-state index in [9.17, 15) is 4.79 Å². The molecule has 3 N–H and O–H groups in total. The van der Waals surface area contributed by atoms with Crippen molar-refractivity contribution < 1.29 is 9.21 Å². The largest absolute Gasteiger partial charge is 0.458 e. The fourth-order valence-corrected chi connectivity index (χ4v) is 2.21. The number of amides is 1. The quantitative estimate of drug-likeness (QED) is 0.762. The third-order valence-corrected chi connectivity index (χ3v) is 3.56. The van der Waals surface area contributed by atoms with E-state index in [4.69, 9.17) is 10.2 Å². The minimum absolute atomic E-state index is 0.101. The summed E-state index contributed by atoms with van der Waals surface area (Å²) in [7, 11) is 0. The molecule has 1 amide bonds. The van der Waals surface area contributed by atoms with Gasteiger partial charge in [-0.2, -0.15) is 0 Å². The Kier molecular flexibility index (Phi) is 4.24. The third kappa shape index (κ3) is 3.24. The first-order chi connectivity index (χ1) is 11.5. The van der Waals surface area contributed by atoms with E-state index in [0.29, 0.717) is 18.1 Å². The van der Waals surface area contributed by atoms with E-state index in [0.717, 1.165) is 17.0 Å². The lowest BCUT2D eigenvalue weighted by Gasteiger charge is -2.08. The summed E-state index contributed by atoms with van der Waals surface area (Å²) in [6.07, 6.45) is 3.09. The molecule has 0 spiro atoms. The molecule has 0 saturated carbocycles. The zero-order chi connectivity index (χ0) is 17.1. The number of hydrogen-bond acceptors (Lipinski definition) is 6. The van der Waals surface area contributed by atoms with Crippen molar-refractivity contribution in [3.05, 3.63) is 59.2 Å². The predicted molar refractivity (Wildman–Crippen MR) is 89.0 cm³/mol. The fraction of sp³-hybridized carbons (Fsp3) is 0.176. The summed E-state index contributed by atoms with van der Waals surface area (Å²) in [4.78, 5) is 24.8. The van der Waals surface area contributed by atoms with Gasteiger partial charge in [-0.1, -0.05) is 6.07 Å². The minimum Gasteiger partial charge on any atom is -0.458 e. The monoisotopic (exact) mass is 323 g/mol. The number of pyridine rings is 1. The Balaban J connectivity index is 1.74. The molecule has 0 fully saturated rings. The highest BCUT2D eigenvalue weighted by Gasteiger charge is 2.15. The first-order valence-electron chi connectivity index (χ1n) is 7.42. The molecule has 7 nitrogen and oxygen atoms in total. The SMILES string of the molecule is Cc1ccc(-c2ncc(C(=O)NCc3ncccc3C)c(N)n2)o1. The molecule has 0 unspecified atom stereocenters. The van der Waals surface area contributed by atoms with Gasteiger partial charge in [0.1, 0.15) is 11.6 Å². The zero-order valence-electron chi connectivity index (χ0n) is 13.4. The number of carbonyl (C=O) groups excluding carboxylic acids is 1. The number of aryl methyl sites for hydroxylation is 2.